The summed E-state index contributed by atoms with van der Waals surface area (Å²) in [4.78, 5) is 28.9. The van der Waals surface area contributed by atoms with Crippen molar-refractivity contribution in [3.8, 4) is 0 Å². The fourth-order valence-electron chi connectivity index (χ4n) is 3.30. The van der Waals surface area contributed by atoms with Crippen LogP contribution in [0.2, 0.25) is 0 Å². The molecule has 1 aliphatic rings. The number of carbonyl (C=O) groups excluding carboxylic acids is 2. The van der Waals surface area contributed by atoms with Crippen LogP contribution in [0.5, 0.6) is 0 Å². The van der Waals surface area contributed by atoms with E-state index in [4.69, 9.17) is 0 Å². The van der Waals surface area contributed by atoms with Gasteiger partial charge in [-0.05, 0) is 57.7 Å². The first-order chi connectivity index (χ1) is 11.4. The van der Waals surface area contributed by atoms with Crippen molar-refractivity contribution in [2.45, 2.75) is 65.8 Å². The molecular weight excluding hydrogens is 300 g/mol. The summed E-state index contributed by atoms with van der Waals surface area (Å²) < 4.78 is 0. The van der Waals surface area contributed by atoms with Gasteiger partial charge in [0, 0.05) is 24.7 Å². The molecule has 0 radical (unpaired) electrons. The van der Waals surface area contributed by atoms with Crippen LogP contribution < -0.4 is 4.90 Å². The molecule has 1 aromatic carbocycles. The Balaban J connectivity index is 2.19. The fraction of sp³-hybridized carbons (Fsp3) is 0.600. The number of benzene rings is 1. The molecule has 0 N–H and O–H groups in total. The lowest BCUT2D eigenvalue weighted by Gasteiger charge is -2.32. The number of hydrogen-bond acceptors (Lipinski definition) is 2. The highest BCUT2D eigenvalue weighted by Gasteiger charge is 2.25. The molecular formula is C20H30N2O2. The van der Waals surface area contributed by atoms with Gasteiger partial charge < -0.3 is 9.80 Å². The van der Waals surface area contributed by atoms with E-state index in [1.54, 1.807) is 4.90 Å². The lowest BCUT2D eigenvalue weighted by Crippen LogP contribution is -2.46. The van der Waals surface area contributed by atoms with Crippen LogP contribution in [0.3, 0.4) is 0 Å². The third kappa shape index (κ3) is 4.59. The summed E-state index contributed by atoms with van der Waals surface area (Å²) in [6, 6.07) is 6.23. The van der Waals surface area contributed by atoms with Crippen molar-refractivity contribution in [1.29, 1.82) is 0 Å². The molecule has 0 aromatic heterocycles. The number of anilines is 1. The predicted octanol–water partition coefficient (Wildman–Crippen LogP) is 3.84. The van der Waals surface area contributed by atoms with E-state index < -0.39 is 0 Å². The van der Waals surface area contributed by atoms with Crippen LogP contribution in [0.4, 0.5) is 5.69 Å². The second-order valence-corrected chi connectivity index (χ2v) is 7.13. The Morgan fingerprint density at radius 2 is 1.88 bits per heavy atom. The normalized spacial score (nSPS) is 16.0. The molecule has 0 bridgehead atoms. The molecule has 4 nitrogen and oxygen atoms in total. The lowest BCUT2D eigenvalue weighted by molar-refractivity contribution is -0.135. The molecule has 2 rings (SSSR count). The van der Waals surface area contributed by atoms with E-state index >= 15 is 0 Å². The second-order valence-electron chi connectivity index (χ2n) is 7.13. The summed E-state index contributed by atoms with van der Waals surface area (Å²) in [5.41, 5.74) is 3.17. The van der Waals surface area contributed by atoms with Crippen LogP contribution in [-0.4, -0.2) is 35.8 Å². The molecule has 0 aliphatic carbocycles. The largest absolute Gasteiger partial charge is 0.333 e. The third-order valence-corrected chi connectivity index (χ3v) is 4.66. The van der Waals surface area contributed by atoms with Crippen molar-refractivity contribution >= 4 is 17.5 Å². The van der Waals surface area contributed by atoms with Crippen LogP contribution >= 0.6 is 0 Å². The fourth-order valence-corrected chi connectivity index (χ4v) is 3.30. The van der Waals surface area contributed by atoms with E-state index in [0.717, 1.165) is 42.5 Å². The van der Waals surface area contributed by atoms with Crippen LogP contribution in [0, 0.1) is 13.8 Å². The maximum atomic E-state index is 13.0. The zero-order chi connectivity index (χ0) is 17.7. The SMILES string of the molecule is Cc1ccc(C)c(N(C(=O)CN2CCCCCCC2=O)C(C)C)c1. The van der Waals surface area contributed by atoms with Gasteiger partial charge in [-0.1, -0.05) is 25.0 Å². The predicted molar refractivity (Wildman–Crippen MR) is 98.2 cm³/mol. The molecule has 2 amide bonds. The minimum Gasteiger partial charge on any atom is -0.333 e. The van der Waals surface area contributed by atoms with Crippen molar-refractivity contribution in [3.63, 3.8) is 0 Å². The van der Waals surface area contributed by atoms with E-state index in [9.17, 15) is 9.59 Å². The Morgan fingerprint density at radius 3 is 2.58 bits per heavy atom. The van der Waals surface area contributed by atoms with Gasteiger partial charge in [-0.15, -0.1) is 0 Å². The number of carbonyl (C=O) groups is 2. The van der Waals surface area contributed by atoms with E-state index in [1.807, 2.05) is 32.6 Å². The van der Waals surface area contributed by atoms with Gasteiger partial charge in [0.2, 0.25) is 11.8 Å². The zero-order valence-corrected chi connectivity index (χ0v) is 15.5. The van der Waals surface area contributed by atoms with Gasteiger partial charge in [0.15, 0.2) is 0 Å². The highest BCUT2D eigenvalue weighted by atomic mass is 16.2. The summed E-state index contributed by atoms with van der Waals surface area (Å²) in [7, 11) is 0. The number of likely N-dealkylation sites (tertiary alicyclic amines) is 1. The Kier molecular flexibility index (Phi) is 6.41. The van der Waals surface area contributed by atoms with Crippen LogP contribution in [0.1, 0.15) is 57.1 Å². The third-order valence-electron chi connectivity index (χ3n) is 4.66. The first-order valence-corrected chi connectivity index (χ1v) is 9.07. The van der Waals surface area contributed by atoms with Crippen LogP contribution in [0.15, 0.2) is 18.2 Å². The van der Waals surface area contributed by atoms with Gasteiger partial charge >= 0.3 is 0 Å². The Morgan fingerprint density at radius 1 is 1.17 bits per heavy atom. The number of aryl methyl sites for hydroxylation is 2. The summed E-state index contributed by atoms with van der Waals surface area (Å²) >= 11 is 0. The topological polar surface area (TPSA) is 40.6 Å². The van der Waals surface area contributed by atoms with Crippen molar-refractivity contribution in [2.75, 3.05) is 18.0 Å². The Bertz CT molecular complexity index is 595. The number of amides is 2. The van der Waals surface area contributed by atoms with Gasteiger partial charge in [-0.3, -0.25) is 9.59 Å². The van der Waals surface area contributed by atoms with Crippen LogP contribution in [0.25, 0.3) is 0 Å². The Hall–Kier alpha value is -1.84. The lowest BCUT2D eigenvalue weighted by atomic mass is 10.1. The van der Waals surface area contributed by atoms with E-state index in [1.165, 1.54) is 0 Å². The zero-order valence-electron chi connectivity index (χ0n) is 15.5. The minimum atomic E-state index is 0.00706. The van der Waals surface area contributed by atoms with E-state index in [0.29, 0.717) is 13.0 Å². The smallest absolute Gasteiger partial charge is 0.246 e. The van der Waals surface area contributed by atoms with Gasteiger partial charge in [0.05, 0.1) is 0 Å². The minimum absolute atomic E-state index is 0.00706. The molecule has 1 aliphatic heterocycles. The molecule has 0 atom stereocenters. The summed E-state index contributed by atoms with van der Waals surface area (Å²) in [6.07, 6.45) is 4.76. The maximum absolute atomic E-state index is 13.0. The van der Waals surface area contributed by atoms with Gasteiger partial charge in [-0.25, -0.2) is 0 Å². The molecule has 0 spiro atoms. The summed E-state index contributed by atoms with van der Waals surface area (Å²) in [5, 5.41) is 0. The molecule has 4 heteroatoms. The molecule has 1 heterocycles. The summed E-state index contributed by atoms with van der Waals surface area (Å²) in [5.74, 6) is 0.125. The number of hydrogen-bond donors (Lipinski definition) is 0. The van der Waals surface area contributed by atoms with Crippen molar-refractivity contribution in [3.05, 3.63) is 29.3 Å². The van der Waals surface area contributed by atoms with Crippen molar-refractivity contribution in [2.24, 2.45) is 0 Å². The maximum Gasteiger partial charge on any atom is 0.246 e. The van der Waals surface area contributed by atoms with Crippen LogP contribution in [-0.2, 0) is 9.59 Å². The number of rotatable bonds is 4. The highest BCUT2D eigenvalue weighted by Crippen LogP contribution is 2.24. The average molecular weight is 330 g/mol. The molecule has 1 saturated heterocycles. The standard InChI is InChI=1S/C20H30N2O2/c1-15(2)22(18-13-16(3)10-11-17(18)4)20(24)14-21-12-8-6-5-7-9-19(21)23/h10-11,13,15H,5-9,12,14H2,1-4H3. The molecule has 0 saturated carbocycles. The summed E-state index contributed by atoms with van der Waals surface area (Å²) in [6.45, 7) is 8.99. The second kappa shape index (κ2) is 8.32. The highest BCUT2D eigenvalue weighted by molar-refractivity contribution is 5.97. The van der Waals surface area contributed by atoms with E-state index in [2.05, 4.69) is 18.2 Å². The molecule has 1 fully saturated rings. The number of nitrogens with zero attached hydrogens (tertiary/aromatic N) is 2. The first-order valence-electron chi connectivity index (χ1n) is 9.07. The average Bonchev–Trinajstić information content (AvgIpc) is 2.50. The van der Waals surface area contributed by atoms with Crippen molar-refractivity contribution < 1.29 is 9.59 Å². The van der Waals surface area contributed by atoms with Gasteiger partial charge in [0.25, 0.3) is 0 Å². The molecule has 1 aromatic rings. The first kappa shape index (κ1) is 18.5. The van der Waals surface area contributed by atoms with Crippen molar-refractivity contribution in [1.82, 2.24) is 4.90 Å². The quantitative estimate of drug-likeness (QED) is 0.841. The molecule has 0 unspecified atom stereocenters. The van der Waals surface area contributed by atoms with Gasteiger partial charge in [0.1, 0.15) is 6.54 Å². The van der Waals surface area contributed by atoms with E-state index in [-0.39, 0.29) is 24.4 Å². The monoisotopic (exact) mass is 330 g/mol. The van der Waals surface area contributed by atoms with Gasteiger partial charge in [-0.2, -0.15) is 0 Å². The molecule has 24 heavy (non-hydrogen) atoms. The Labute approximate surface area is 145 Å². The molecule has 132 valence electrons.